The number of nitrogens with zero attached hydrogens (tertiary/aromatic N) is 5. The number of carbonyl (C=O) groups excluding carboxylic acids is 1. The van der Waals surface area contributed by atoms with E-state index in [1.165, 1.54) is 6.20 Å². The Balaban J connectivity index is 1.59. The molecule has 5 rings (SSSR count). The number of hydrogen-bond donors (Lipinski definition) is 1. The summed E-state index contributed by atoms with van der Waals surface area (Å²) >= 11 is 0. The highest BCUT2D eigenvalue weighted by Crippen LogP contribution is 2.31. The highest BCUT2D eigenvalue weighted by Gasteiger charge is 2.20. The Morgan fingerprint density at radius 2 is 1.83 bits per heavy atom. The van der Waals surface area contributed by atoms with E-state index in [2.05, 4.69) is 38.3 Å². The number of para-hydroxylation sites is 1. The Hall–Kier alpha value is -4.83. The SMILES string of the molecule is Cc1nccnc1C(=O)N[C@@H](C)c1cc2cccc(C#Cc3cnn(C)c3)c2nc1-c1ccccc1. The Morgan fingerprint density at radius 3 is 2.58 bits per heavy atom. The number of rotatable bonds is 4. The van der Waals surface area contributed by atoms with E-state index in [4.69, 9.17) is 4.98 Å². The molecule has 3 aromatic heterocycles. The second-order valence-corrected chi connectivity index (χ2v) is 8.51. The zero-order chi connectivity index (χ0) is 25.1. The van der Waals surface area contributed by atoms with Crippen LogP contribution in [0.1, 0.15) is 45.8 Å². The number of amides is 1. The van der Waals surface area contributed by atoms with E-state index in [1.54, 1.807) is 24.0 Å². The second-order valence-electron chi connectivity index (χ2n) is 8.51. The van der Waals surface area contributed by atoms with Gasteiger partial charge in [0.15, 0.2) is 0 Å². The molecule has 1 atom stereocenters. The monoisotopic (exact) mass is 472 g/mol. The lowest BCUT2D eigenvalue weighted by atomic mass is 9.97. The molecule has 7 nitrogen and oxygen atoms in total. The van der Waals surface area contributed by atoms with Gasteiger partial charge >= 0.3 is 0 Å². The van der Waals surface area contributed by atoms with E-state index < -0.39 is 0 Å². The Labute approximate surface area is 209 Å². The number of aryl methyl sites for hydroxylation is 2. The first-order valence-corrected chi connectivity index (χ1v) is 11.6. The van der Waals surface area contributed by atoms with Crippen molar-refractivity contribution < 1.29 is 4.79 Å². The van der Waals surface area contributed by atoms with Crippen molar-refractivity contribution in [1.29, 1.82) is 0 Å². The maximum absolute atomic E-state index is 13.0. The van der Waals surface area contributed by atoms with Gasteiger partial charge in [-0.1, -0.05) is 54.3 Å². The van der Waals surface area contributed by atoms with Crippen molar-refractivity contribution >= 4 is 16.8 Å². The molecular formula is C29H24N6O. The number of hydrogen-bond acceptors (Lipinski definition) is 5. The molecule has 176 valence electrons. The molecule has 0 aliphatic carbocycles. The van der Waals surface area contributed by atoms with Crippen molar-refractivity contribution in [2.24, 2.45) is 7.05 Å². The molecule has 0 spiro atoms. The van der Waals surface area contributed by atoms with Crippen LogP contribution in [0.25, 0.3) is 22.2 Å². The molecule has 0 saturated heterocycles. The summed E-state index contributed by atoms with van der Waals surface area (Å²) in [6, 6.07) is 17.7. The number of aromatic nitrogens is 5. The smallest absolute Gasteiger partial charge is 0.272 e. The van der Waals surface area contributed by atoms with Crippen LogP contribution in [0.2, 0.25) is 0 Å². The first-order chi connectivity index (χ1) is 17.5. The van der Waals surface area contributed by atoms with Gasteiger partial charge in [0.2, 0.25) is 0 Å². The molecule has 0 saturated carbocycles. The minimum Gasteiger partial charge on any atom is -0.344 e. The predicted octanol–water partition coefficient (Wildman–Crippen LogP) is 4.62. The topological polar surface area (TPSA) is 85.6 Å². The Bertz CT molecular complexity index is 1630. The largest absolute Gasteiger partial charge is 0.344 e. The highest BCUT2D eigenvalue weighted by molar-refractivity contribution is 5.94. The number of nitrogens with one attached hydrogen (secondary N) is 1. The maximum Gasteiger partial charge on any atom is 0.272 e. The van der Waals surface area contributed by atoms with Crippen LogP contribution in [-0.4, -0.2) is 30.6 Å². The van der Waals surface area contributed by atoms with Crippen LogP contribution in [-0.2, 0) is 7.05 Å². The average Bonchev–Trinajstić information content (AvgIpc) is 3.32. The van der Waals surface area contributed by atoms with E-state index in [-0.39, 0.29) is 11.9 Å². The molecule has 36 heavy (non-hydrogen) atoms. The molecule has 1 amide bonds. The first kappa shape index (κ1) is 22.9. The third-order valence-corrected chi connectivity index (χ3v) is 5.88. The zero-order valence-electron chi connectivity index (χ0n) is 20.2. The van der Waals surface area contributed by atoms with Gasteiger partial charge in [0, 0.05) is 42.2 Å². The fourth-order valence-electron chi connectivity index (χ4n) is 4.07. The van der Waals surface area contributed by atoms with Crippen molar-refractivity contribution in [2.45, 2.75) is 19.9 Å². The van der Waals surface area contributed by atoms with Crippen molar-refractivity contribution in [3.8, 4) is 23.1 Å². The van der Waals surface area contributed by atoms with Crippen LogP contribution < -0.4 is 5.32 Å². The molecule has 0 radical (unpaired) electrons. The third kappa shape index (κ3) is 4.70. The fraction of sp³-hybridized carbons (Fsp3) is 0.138. The molecule has 0 unspecified atom stereocenters. The van der Waals surface area contributed by atoms with Gasteiger partial charge in [0.1, 0.15) is 5.69 Å². The number of fused-ring (bicyclic) bond motifs is 1. The lowest BCUT2D eigenvalue weighted by Gasteiger charge is -2.19. The van der Waals surface area contributed by atoms with Gasteiger partial charge in [-0.25, -0.2) is 9.97 Å². The fourth-order valence-corrected chi connectivity index (χ4v) is 4.07. The first-order valence-electron chi connectivity index (χ1n) is 11.6. The van der Waals surface area contributed by atoms with E-state index in [0.717, 1.165) is 38.9 Å². The van der Waals surface area contributed by atoms with E-state index >= 15 is 0 Å². The lowest BCUT2D eigenvalue weighted by Crippen LogP contribution is -2.28. The Morgan fingerprint density at radius 1 is 1.03 bits per heavy atom. The van der Waals surface area contributed by atoms with E-state index in [0.29, 0.717) is 11.4 Å². The molecule has 0 fully saturated rings. The van der Waals surface area contributed by atoms with Crippen molar-refractivity contribution in [3.63, 3.8) is 0 Å². The predicted molar refractivity (Wildman–Crippen MR) is 139 cm³/mol. The minimum absolute atomic E-state index is 0.275. The van der Waals surface area contributed by atoms with Gasteiger partial charge in [0.25, 0.3) is 5.91 Å². The van der Waals surface area contributed by atoms with Gasteiger partial charge in [0.05, 0.1) is 40.3 Å². The summed E-state index contributed by atoms with van der Waals surface area (Å²) in [5.74, 6) is 6.16. The normalized spacial score (nSPS) is 11.5. The minimum atomic E-state index is -0.323. The van der Waals surface area contributed by atoms with Crippen LogP contribution in [0, 0.1) is 18.8 Å². The molecule has 0 aliphatic rings. The summed E-state index contributed by atoms with van der Waals surface area (Å²) in [6.45, 7) is 3.72. The summed E-state index contributed by atoms with van der Waals surface area (Å²) in [6.07, 6.45) is 6.71. The summed E-state index contributed by atoms with van der Waals surface area (Å²) in [4.78, 5) is 26.4. The summed E-state index contributed by atoms with van der Waals surface area (Å²) in [5.41, 5.74) is 6.02. The van der Waals surface area contributed by atoms with E-state index in [1.807, 2.05) is 68.7 Å². The van der Waals surface area contributed by atoms with Crippen LogP contribution in [0.5, 0.6) is 0 Å². The molecule has 0 bridgehead atoms. The van der Waals surface area contributed by atoms with Crippen molar-refractivity contribution in [1.82, 2.24) is 30.0 Å². The number of pyridine rings is 1. The quantitative estimate of drug-likeness (QED) is 0.386. The average molecular weight is 473 g/mol. The molecular weight excluding hydrogens is 448 g/mol. The Kier molecular flexibility index (Phi) is 6.25. The number of carbonyl (C=O) groups is 1. The zero-order valence-corrected chi connectivity index (χ0v) is 20.2. The van der Waals surface area contributed by atoms with Crippen LogP contribution >= 0.6 is 0 Å². The molecule has 7 heteroatoms. The molecule has 0 aliphatic heterocycles. The third-order valence-electron chi connectivity index (χ3n) is 5.88. The van der Waals surface area contributed by atoms with Crippen molar-refractivity contribution in [2.75, 3.05) is 0 Å². The molecule has 5 aromatic rings. The van der Waals surface area contributed by atoms with Gasteiger partial charge in [-0.05, 0) is 26.0 Å². The van der Waals surface area contributed by atoms with Gasteiger partial charge in [-0.3, -0.25) is 14.5 Å². The molecule has 3 heterocycles. The molecule has 2 aromatic carbocycles. The standard InChI is InChI=1S/C29H24N6O/c1-19(33-29(36)26-20(2)30-14-15-31-26)25-16-24-11-7-10-23(13-12-21-17-32-35(3)18-21)27(24)34-28(25)22-8-5-4-6-9-22/h4-11,14-19H,1-3H3,(H,33,36)/t19-/m0/s1. The van der Waals surface area contributed by atoms with E-state index in [9.17, 15) is 4.79 Å². The molecule has 1 N–H and O–H groups in total. The van der Waals surface area contributed by atoms with Gasteiger partial charge < -0.3 is 5.32 Å². The lowest BCUT2D eigenvalue weighted by molar-refractivity contribution is 0.0933. The summed E-state index contributed by atoms with van der Waals surface area (Å²) in [7, 11) is 1.87. The van der Waals surface area contributed by atoms with Gasteiger partial charge in [-0.15, -0.1) is 0 Å². The summed E-state index contributed by atoms with van der Waals surface area (Å²) in [5, 5.41) is 8.20. The second kappa shape index (κ2) is 9.80. The number of benzene rings is 2. The van der Waals surface area contributed by atoms with Crippen molar-refractivity contribution in [3.05, 3.63) is 107 Å². The maximum atomic E-state index is 13.0. The van der Waals surface area contributed by atoms with Crippen LogP contribution in [0.4, 0.5) is 0 Å². The van der Waals surface area contributed by atoms with Crippen LogP contribution in [0.3, 0.4) is 0 Å². The van der Waals surface area contributed by atoms with Crippen LogP contribution in [0.15, 0.2) is 79.4 Å². The highest BCUT2D eigenvalue weighted by atomic mass is 16.1. The summed E-state index contributed by atoms with van der Waals surface area (Å²) < 4.78 is 1.73. The van der Waals surface area contributed by atoms with Gasteiger partial charge in [-0.2, -0.15) is 5.10 Å².